The van der Waals surface area contributed by atoms with E-state index in [4.69, 9.17) is 11.0 Å². The Morgan fingerprint density at radius 2 is 2.26 bits per heavy atom. The number of nitriles is 1. The highest BCUT2D eigenvalue weighted by Gasteiger charge is 2.08. The van der Waals surface area contributed by atoms with Crippen LogP contribution in [0.25, 0.3) is 0 Å². The maximum Gasteiger partial charge on any atom is 0.0798 e. The maximum absolute atomic E-state index is 8.79. The van der Waals surface area contributed by atoms with Crippen LogP contribution in [0.15, 0.2) is 23.7 Å². The molecule has 1 heterocycles. The molecule has 2 aromatic rings. The van der Waals surface area contributed by atoms with Gasteiger partial charge in [-0.1, -0.05) is 0 Å². The largest absolute Gasteiger partial charge is 0.398 e. The van der Waals surface area contributed by atoms with Gasteiger partial charge in [0.15, 0.2) is 0 Å². The van der Waals surface area contributed by atoms with Crippen molar-refractivity contribution in [2.24, 2.45) is 0 Å². The van der Waals surface area contributed by atoms with Gasteiger partial charge in [-0.25, -0.2) is 4.98 Å². The van der Waals surface area contributed by atoms with Gasteiger partial charge in [-0.05, 0) is 30.7 Å². The zero-order valence-corrected chi connectivity index (χ0v) is 11.9. The number of rotatable bonds is 4. The highest BCUT2D eigenvalue weighted by atomic mass is 32.1. The molecule has 0 fully saturated rings. The zero-order chi connectivity index (χ0) is 13.8. The molecular formula is C14H16N4S. The first-order valence-electron chi connectivity index (χ1n) is 5.97. The van der Waals surface area contributed by atoms with E-state index in [0.717, 1.165) is 23.5 Å². The fourth-order valence-corrected chi connectivity index (χ4v) is 2.68. The molecule has 0 aliphatic heterocycles. The molecule has 98 valence electrons. The van der Waals surface area contributed by atoms with Gasteiger partial charge >= 0.3 is 0 Å². The van der Waals surface area contributed by atoms with Crippen LogP contribution in [0.5, 0.6) is 0 Å². The number of nitrogens with two attached hydrogens (primary N) is 1. The van der Waals surface area contributed by atoms with Crippen LogP contribution in [0.1, 0.15) is 16.1 Å². The van der Waals surface area contributed by atoms with Crippen molar-refractivity contribution < 1.29 is 0 Å². The average molecular weight is 272 g/mol. The van der Waals surface area contributed by atoms with Crippen molar-refractivity contribution >= 4 is 22.7 Å². The smallest absolute Gasteiger partial charge is 0.0798 e. The third-order valence-electron chi connectivity index (χ3n) is 3.06. The lowest BCUT2D eigenvalue weighted by Crippen LogP contribution is -2.16. The first-order valence-corrected chi connectivity index (χ1v) is 6.85. The van der Waals surface area contributed by atoms with Crippen molar-refractivity contribution in [1.82, 2.24) is 4.98 Å². The second-order valence-electron chi connectivity index (χ2n) is 4.44. The third-order valence-corrected chi connectivity index (χ3v) is 3.98. The van der Waals surface area contributed by atoms with Gasteiger partial charge in [0.1, 0.15) is 0 Å². The molecule has 0 radical (unpaired) electrons. The summed E-state index contributed by atoms with van der Waals surface area (Å²) in [5.74, 6) is 0. The Morgan fingerprint density at radius 3 is 2.89 bits per heavy atom. The SMILES string of the molecule is Cc1ncsc1CN(C)c1ccc(N)c(CC#N)c1. The second kappa shape index (κ2) is 5.72. The van der Waals surface area contributed by atoms with Crippen molar-refractivity contribution in [2.75, 3.05) is 17.7 Å². The summed E-state index contributed by atoms with van der Waals surface area (Å²) in [7, 11) is 2.03. The van der Waals surface area contributed by atoms with Crippen molar-refractivity contribution in [2.45, 2.75) is 19.9 Å². The van der Waals surface area contributed by atoms with E-state index < -0.39 is 0 Å². The molecule has 0 atom stereocenters. The summed E-state index contributed by atoms with van der Waals surface area (Å²) < 4.78 is 0. The van der Waals surface area contributed by atoms with E-state index in [0.29, 0.717) is 12.1 Å². The number of aryl methyl sites for hydroxylation is 1. The van der Waals surface area contributed by atoms with E-state index in [2.05, 4.69) is 16.0 Å². The first kappa shape index (κ1) is 13.4. The number of hydrogen-bond acceptors (Lipinski definition) is 5. The summed E-state index contributed by atoms with van der Waals surface area (Å²) in [5.41, 5.74) is 11.4. The van der Waals surface area contributed by atoms with Crippen LogP contribution >= 0.6 is 11.3 Å². The number of hydrogen-bond donors (Lipinski definition) is 1. The summed E-state index contributed by atoms with van der Waals surface area (Å²) in [6, 6.07) is 7.96. The van der Waals surface area contributed by atoms with Crippen LogP contribution in [0.4, 0.5) is 11.4 Å². The average Bonchev–Trinajstić information content (AvgIpc) is 2.78. The van der Waals surface area contributed by atoms with Gasteiger partial charge in [-0.3, -0.25) is 0 Å². The summed E-state index contributed by atoms with van der Waals surface area (Å²) in [5, 5.41) is 8.79. The van der Waals surface area contributed by atoms with Gasteiger partial charge in [0.05, 0.1) is 30.2 Å². The minimum absolute atomic E-state index is 0.340. The summed E-state index contributed by atoms with van der Waals surface area (Å²) in [6.07, 6.45) is 0.340. The van der Waals surface area contributed by atoms with Gasteiger partial charge in [0.2, 0.25) is 0 Å². The van der Waals surface area contributed by atoms with Crippen LogP contribution in [0.3, 0.4) is 0 Å². The van der Waals surface area contributed by atoms with E-state index in [1.54, 1.807) is 11.3 Å². The number of aromatic nitrogens is 1. The Morgan fingerprint density at radius 1 is 1.47 bits per heavy atom. The monoisotopic (exact) mass is 272 g/mol. The molecule has 1 aromatic carbocycles. The minimum atomic E-state index is 0.340. The van der Waals surface area contributed by atoms with Crippen molar-refractivity contribution in [3.05, 3.63) is 39.8 Å². The molecule has 5 heteroatoms. The van der Waals surface area contributed by atoms with Crippen LogP contribution in [-0.2, 0) is 13.0 Å². The van der Waals surface area contributed by atoms with Gasteiger partial charge in [-0.2, -0.15) is 5.26 Å². The Kier molecular flexibility index (Phi) is 4.03. The molecule has 0 aliphatic carbocycles. The van der Waals surface area contributed by atoms with Gasteiger partial charge < -0.3 is 10.6 Å². The van der Waals surface area contributed by atoms with E-state index in [1.807, 2.05) is 37.7 Å². The molecular weight excluding hydrogens is 256 g/mol. The molecule has 0 spiro atoms. The molecule has 4 nitrogen and oxygen atoms in total. The Balaban J connectivity index is 2.20. The zero-order valence-electron chi connectivity index (χ0n) is 11.1. The quantitative estimate of drug-likeness (QED) is 0.869. The number of benzene rings is 1. The lowest BCUT2D eigenvalue weighted by Gasteiger charge is -2.20. The molecule has 0 amide bonds. The van der Waals surface area contributed by atoms with Gasteiger partial charge in [0, 0.05) is 23.3 Å². The number of anilines is 2. The molecule has 0 aliphatic rings. The van der Waals surface area contributed by atoms with E-state index >= 15 is 0 Å². The van der Waals surface area contributed by atoms with Crippen molar-refractivity contribution in [1.29, 1.82) is 5.26 Å². The summed E-state index contributed by atoms with van der Waals surface area (Å²) in [6.45, 7) is 2.83. The molecule has 2 N–H and O–H groups in total. The fraction of sp³-hybridized carbons (Fsp3) is 0.286. The van der Waals surface area contributed by atoms with E-state index in [1.165, 1.54) is 4.88 Å². The molecule has 0 saturated carbocycles. The normalized spacial score (nSPS) is 10.2. The van der Waals surface area contributed by atoms with Gasteiger partial charge in [0.25, 0.3) is 0 Å². The highest BCUT2D eigenvalue weighted by Crippen LogP contribution is 2.23. The predicted molar refractivity (Wildman–Crippen MR) is 79.1 cm³/mol. The molecule has 1 aromatic heterocycles. The topological polar surface area (TPSA) is 65.9 Å². The van der Waals surface area contributed by atoms with Crippen LogP contribution in [-0.4, -0.2) is 12.0 Å². The molecule has 0 saturated heterocycles. The number of nitrogen functional groups attached to an aromatic ring is 1. The molecule has 0 unspecified atom stereocenters. The Labute approximate surface area is 117 Å². The minimum Gasteiger partial charge on any atom is -0.398 e. The lowest BCUT2D eigenvalue weighted by atomic mass is 10.1. The van der Waals surface area contributed by atoms with Gasteiger partial charge in [-0.15, -0.1) is 11.3 Å². The van der Waals surface area contributed by atoms with Crippen molar-refractivity contribution in [3.63, 3.8) is 0 Å². The Hall–Kier alpha value is -2.06. The summed E-state index contributed by atoms with van der Waals surface area (Å²) in [4.78, 5) is 7.64. The van der Waals surface area contributed by atoms with Crippen LogP contribution in [0, 0.1) is 18.3 Å². The fourth-order valence-electron chi connectivity index (χ4n) is 1.85. The third kappa shape index (κ3) is 3.04. The summed E-state index contributed by atoms with van der Waals surface area (Å²) >= 11 is 1.66. The standard InChI is InChI=1S/C14H16N4S/c1-10-14(19-9-17-10)8-18(2)12-3-4-13(16)11(7-12)5-6-15/h3-4,7,9H,5,8,16H2,1-2H3. The second-order valence-corrected chi connectivity index (χ2v) is 5.37. The molecule has 2 rings (SSSR count). The van der Waals surface area contributed by atoms with Crippen LogP contribution in [0.2, 0.25) is 0 Å². The number of nitrogens with zero attached hydrogens (tertiary/aromatic N) is 3. The van der Waals surface area contributed by atoms with Crippen molar-refractivity contribution in [3.8, 4) is 6.07 Å². The van der Waals surface area contributed by atoms with E-state index in [-0.39, 0.29) is 0 Å². The lowest BCUT2D eigenvalue weighted by molar-refractivity contribution is 0.924. The molecule has 0 bridgehead atoms. The van der Waals surface area contributed by atoms with Crippen LogP contribution < -0.4 is 10.6 Å². The highest BCUT2D eigenvalue weighted by molar-refractivity contribution is 7.09. The number of thiazole rings is 1. The molecule has 19 heavy (non-hydrogen) atoms. The Bertz CT molecular complexity index is 612. The first-order chi connectivity index (χ1) is 9.11. The van der Waals surface area contributed by atoms with E-state index in [9.17, 15) is 0 Å². The maximum atomic E-state index is 8.79. The predicted octanol–water partition coefficient (Wildman–Crippen LogP) is 2.74.